The number of hydrogen-bond acceptors (Lipinski definition) is 3. The highest BCUT2D eigenvalue weighted by molar-refractivity contribution is 5.74. The highest BCUT2D eigenvalue weighted by Crippen LogP contribution is 2.56. The fraction of sp³-hybridized carbons (Fsp3) is 0.562. The Balaban J connectivity index is 1.54. The van der Waals surface area contributed by atoms with E-state index >= 15 is 0 Å². The van der Waals surface area contributed by atoms with E-state index in [9.17, 15) is 8.78 Å². The molecule has 3 aliphatic rings. The van der Waals surface area contributed by atoms with Crippen LogP contribution in [0.15, 0.2) is 24.5 Å². The molecule has 1 aliphatic carbocycles. The van der Waals surface area contributed by atoms with Gasteiger partial charge in [-0.25, -0.2) is 13.3 Å². The summed E-state index contributed by atoms with van der Waals surface area (Å²) in [5.74, 6) is -3.15. The molecule has 2 saturated heterocycles. The lowest BCUT2D eigenvalue weighted by Gasteiger charge is -2.34. The third-order valence-corrected chi connectivity index (χ3v) is 5.29. The molecule has 1 saturated carbocycles. The average molecular weight is 304 g/mol. The minimum Gasteiger partial charge on any atom is -0.367 e. The lowest BCUT2D eigenvalue weighted by atomic mass is 10.2. The quantitative estimate of drug-likeness (QED) is 0.925. The van der Waals surface area contributed by atoms with Gasteiger partial charge in [-0.05, 0) is 30.5 Å². The largest absolute Gasteiger partial charge is 0.367 e. The van der Waals surface area contributed by atoms with Crippen LogP contribution in [0, 0.1) is 0 Å². The van der Waals surface area contributed by atoms with Gasteiger partial charge in [0.15, 0.2) is 0 Å². The molecule has 5 rings (SSSR count). The van der Waals surface area contributed by atoms with Crippen LogP contribution in [-0.2, 0) is 0 Å². The molecule has 3 atom stereocenters. The van der Waals surface area contributed by atoms with Gasteiger partial charge in [0.2, 0.25) is 0 Å². The Morgan fingerprint density at radius 2 is 1.95 bits per heavy atom. The smallest absolute Gasteiger partial charge is 0.255 e. The number of hydrogen-bond donors (Lipinski definition) is 1. The molecule has 2 aromatic rings. The molecule has 22 heavy (non-hydrogen) atoms. The number of rotatable bonds is 2. The molecule has 2 aromatic heterocycles. The van der Waals surface area contributed by atoms with Crippen LogP contribution in [0.1, 0.15) is 30.7 Å². The zero-order valence-corrected chi connectivity index (χ0v) is 12.2. The number of fused-ring (bicyclic) bond motifs is 3. The lowest BCUT2D eigenvalue weighted by molar-refractivity contribution is 0.112. The summed E-state index contributed by atoms with van der Waals surface area (Å²) in [6.07, 6.45) is 5.95. The lowest BCUT2D eigenvalue weighted by Crippen LogP contribution is -2.51. The topological polar surface area (TPSA) is 32.6 Å². The SMILES string of the molecule is FC1(F)CC1c1cc2c(N3CC4CCC(C3)N4)ccnn2c1. The van der Waals surface area contributed by atoms with Gasteiger partial charge in [-0.15, -0.1) is 0 Å². The summed E-state index contributed by atoms with van der Waals surface area (Å²) >= 11 is 0. The normalized spacial score (nSPS) is 32.6. The second-order valence-corrected chi connectivity index (χ2v) is 6.88. The van der Waals surface area contributed by atoms with Crippen LogP contribution < -0.4 is 10.2 Å². The van der Waals surface area contributed by atoms with Gasteiger partial charge in [0, 0.05) is 44.0 Å². The van der Waals surface area contributed by atoms with Crippen molar-refractivity contribution in [1.29, 1.82) is 0 Å². The van der Waals surface area contributed by atoms with Gasteiger partial charge in [0.1, 0.15) is 0 Å². The number of nitrogens with zero attached hydrogens (tertiary/aromatic N) is 3. The molecule has 0 spiro atoms. The Labute approximate surface area is 127 Å². The van der Waals surface area contributed by atoms with Gasteiger partial charge in [0.05, 0.1) is 17.1 Å². The van der Waals surface area contributed by atoms with Crippen LogP contribution in [-0.4, -0.2) is 40.7 Å². The molecule has 2 aliphatic heterocycles. The second kappa shape index (κ2) is 4.19. The molecule has 6 heteroatoms. The van der Waals surface area contributed by atoms with Gasteiger partial charge >= 0.3 is 0 Å². The summed E-state index contributed by atoms with van der Waals surface area (Å²) in [4.78, 5) is 2.38. The first-order valence-corrected chi connectivity index (χ1v) is 7.96. The molecule has 3 fully saturated rings. The Kier molecular flexibility index (Phi) is 2.44. The molecular weight excluding hydrogens is 286 g/mol. The molecule has 4 nitrogen and oxygen atoms in total. The second-order valence-electron chi connectivity index (χ2n) is 6.88. The molecule has 4 heterocycles. The van der Waals surface area contributed by atoms with E-state index in [1.54, 1.807) is 16.9 Å². The summed E-state index contributed by atoms with van der Waals surface area (Å²) < 4.78 is 28.4. The zero-order valence-electron chi connectivity index (χ0n) is 12.2. The minimum atomic E-state index is -2.53. The minimum absolute atomic E-state index is 0.0308. The Hall–Kier alpha value is -1.69. The average Bonchev–Trinajstić information content (AvgIpc) is 2.85. The van der Waals surface area contributed by atoms with Crippen molar-refractivity contribution >= 4 is 11.2 Å². The molecule has 0 amide bonds. The summed E-state index contributed by atoms with van der Waals surface area (Å²) in [5, 5.41) is 7.92. The van der Waals surface area contributed by atoms with E-state index in [0.717, 1.165) is 24.3 Å². The van der Waals surface area contributed by atoms with Crippen molar-refractivity contribution in [2.45, 2.75) is 43.2 Å². The van der Waals surface area contributed by atoms with E-state index in [0.29, 0.717) is 17.6 Å². The van der Waals surface area contributed by atoms with E-state index in [2.05, 4.69) is 15.3 Å². The van der Waals surface area contributed by atoms with Crippen LogP contribution in [0.5, 0.6) is 0 Å². The van der Waals surface area contributed by atoms with Crippen LogP contribution in [0.3, 0.4) is 0 Å². The first-order valence-electron chi connectivity index (χ1n) is 7.96. The zero-order chi connectivity index (χ0) is 14.9. The number of halogens is 2. The van der Waals surface area contributed by atoms with E-state index in [-0.39, 0.29) is 6.42 Å². The van der Waals surface area contributed by atoms with E-state index < -0.39 is 11.8 Å². The van der Waals surface area contributed by atoms with E-state index in [1.165, 1.54) is 12.8 Å². The number of anilines is 1. The van der Waals surface area contributed by atoms with Crippen molar-refractivity contribution in [2.75, 3.05) is 18.0 Å². The molecule has 3 unspecified atom stereocenters. The third kappa shape index (κ3) is 1.86. The number of aromatic nitrogens is 2. The summed E-state index contributed by atoms with van der Waals surface area (Å²) in [5.41, 5.74) is 2.77. The molecule has 1 N–H and O–H groups in total. The van der Waals surface area contributed by atoms with Gasteiger partial charge in [-0.2, -0.15) is 5.10 Å². The molecule has 116 valence electrons. The molecule has 0 aromatic carbocycles. The number of nitrogens with one attached hydrogen (secondary N) is 1. The Morgan fingerprint density at radius 1 is 1.23 bits per heavy atom. The van der Waals surface area contributed by atoms with Crippen molar-refractivity contribution in [3.8, 4) is 0 Å². The standard InChI is InChI=1S/C16H18F2N4/c17-16(18)6-13(16)10-5-15-14(3-4-19-22(15)7-10)21-8-11-1-2-12(9-21)20-11/h3-5,7,11-13,20H,1-2,6,8-9H2. The monoisotopic (exact) mass is 304 g/mol. The number of piperazine rings is 1. The van der Waals surface area contributed by atoms with E-state index in [1.807, 2.05) is 12.1 Å². The van der Waals surface area contributed by atoms with Crippen LogP contribution >= 0.6 is 0 Å². The van der Waals surface area contributed by atoms with Crippen molar-refractivity contribution in [3.63, 3.8) is 0 Å². The molecular formula is C16H18F2N4. The highest BCUT2D eigenvalue weighted by atomic mass is 19.3. The van der Waals surface area contributed by atoms with Crippen LogP contribution in [0.2, 0.25) is 0 Å². The highest BCUT2D eigenvalue weighted by Gasteiger charge is 2.58. The maximum Gasteiger partial charge on any atom is 0.255 e. The fourth-order valence-electron chi connectivity index (χ4n) is 4.05. The summed E-state index contributed by atoms with van der Waals surface area (Å²) in [7, 11) is 0. The Morgan fingerprint density at radius 3 is 2.64 bits per heavy atom. The van der Waals surface area contributed by atoms with Gasteiger partial charge in [0.25, 0.3) is 5.92 Å². The predicted molar refractivity (Wildman–Crippen MR) is 79.7 cm³/mol. The van der Waals surface area contributed by atoms with Crippen LogP contribution in [0.4, 0.5) is 14.5 Å². The van der Waals surface area contributed by atoms with Crippen molar-refractivity contribution in [2.24, 2.45) is 0 Å². The van der Waals surface area contributed by atoms with Gasteiger partial charge in [-0.1, -0.05) is 0 Å². The number of alkyl halides is 2. The summed E-state index contributed by atoms with van der Waals surface area (Å²) in [6, 6.07) is 5.01. The first kappa shape index (κ1) is 12.8. The van der Waals surface area contributed by atoms with Gasteiger partial charge < -0.3 is 10.2 Å². The molecule has 2 bridgehead atoms. The van der Waals surface area contributed by atoms with Crippen molar-refractivity contribution in [1.82, 2.24) is 14.9 Å². The third-order valence-electron chi connectivity index (χ3n) is 5.29. The van der Waals surface area contributed by atoms with Gasteiger partial charge in [-0.3, -0.25) is 0 Å². The fourth-order valence-corrected chi connectivity index (χ4v) is 4.05. The van der Waals surface area contributed by atoms with Crippen molar-refractivity contribution in [3.05, 3.63) is 30.1 Å². The van der Waals surface area contributed by atoms with Crippen LogP contribution in [0.25, 0.3) is 5.52 Å². The van der Waals surface area contributed by atoms with Crippen molar-refractivity contribution < 1.29 is 8.78 Å². The maximum atomic E-state index is 13.3. The first-order chi connectivity index (χ1) is 10.6. The van der Waals surface area contributed by atoms with E-state index in [4.69, 9.17) is 0 Å². The molecule has 0 radical (unpaired) electrons. The maximum absolute atomic E-state index is 13.3. The Bertz CT molecular complexity index is 729. The predicted octanol–water partition coefficient (Wildman–Crippen LogP) is 2.40. The summed E-state index contributed by atoms with van der Waals surface area (Å²) in [6.45, 7) is 1.96.